The fourth-order valence-electron chi connectivity index (χ4n) is 2.72. The van der Waals surface area contributed by atoms with Gasteiger partial charge in [0.2, 0.25) is 0 Å². The Morgan fingerprint density at radius 3 is 2.68 bits per heavy atom. The predicted octanol–water partition coefficient (Wildman–Crippen LogP) is 1.51. The lowest BCUT2D eigenvalue weighted by Gasteiger charge is -2.41. The highest BCUT2D eigenvalue weighted by molar-refractivity contribution is 7.92. The molecule has 2 rings (SSSR count). The third kappa shape index (κ3) is 2.78. The lowest BCUT2D eigenvalue weighted by Crippen LogP contribution is -2.55. The molecule has 0 unspecified atom stereocenters. The summed E-state index contributed by atoms with van der Waals surface area (Å²) in [5.74, 6) is 0.253. The molecule has 0 spiro atoms. The van der Waals surface area contributed by atoms with Crippen LogP contribution in [-0.2, 0) is 16.4 Å². The fourth-order valence-corrected chi connectivity index (χ4v) is 5.63. The van der Waals surface area contributed by atoms with E-state index in [2.05, 4.69) is 9.88 Å². The van der Waals surface area contributed by atoms with Gasteiger partial charge >= 0.3 is 0 Å². The molecule has 1 aliphatic rings. The second-order valence-corrected chi connectivity index (χ2v) is 8.74. The summed E-state index contributed by atoms with van der Waals surface area (Å²) in [6.07, 6.45) is 3.13. The first-order valence-corrected chi connectivity index (χ1v) is 9.04. The predicted molar refractivity (Wildman–Crippen MR) is 78.9 cm³/mol. The quantitative estimate of drug-likeness (QED) is 0.912. The molecule has 5 nitrogen and oxygen atoms in total. The van der Waals surface area contributed by atoms with Crippen LogP contribution < -0.4 is 5.73 Å². The first-order valence-electron chi connectivity index (χ1n) is 6.57. The van der Waals surface area contributed by atoms with Crippen LogP contribution in [0.25, 0.3) is 0 Å². The van der Waals surface area contributed by atoms with Crippen molar-refractivity contribution in [1.82, 2.24) is 9.88 Å². The van der Waals surface area contributed by atoms with E-state index in [9.17, 15) is 8.42 Å². The summed E-state index contributed by atoms with van der Waals surface area (Å²) >= 11 is 1.47. The van der Waals surface area contributed by atoms with E-state index in [1.54, 1.807) is 6.20 Å². The number of hydrogen-bond acceptors (Lipinski definition) is 6. The zero-order chi connectivity index (χ0) is 14.1. The summed E-state index contributed by atoms with van der Waals surface area (Å²) in [4.78, 5) is 7.34. The Kier molecular flexibility index (Phi) is 4.17. The molecule has 1 fully saturated rings. The van der Waals surface area contributed by atoms with Crippen LogP contribution in [0.1, 0.15) is 31.6 Å². The van der Waals surface area contributed by atoms with Crippen molar-refractivity contribution in [1.29, 1.82) is 0 Å². The second kappa shape index (κ2) is 5.38. The molecule has 108 valence electrons. The SMILES string of the molecule is CCC1(CC)CN(Cc2cnc(N)s2)CCS1(=O)=O. The summed E-state index contributed by atoms with van der Waals surface area (Å²) in [7, 11) is -2.98. The van der Waals surface area contributed by atoms with Gasteiger partial charge in [0.05, 0.1) is 10.5 Å². The molecular weight excluding hydrogens is 282 g/mol. The number of anilines is 1. The molecule has 7 heteroatoms. The van der Waals surface area contributed by atoms with E-state index in [4.69, 9.17) is 5.73 Å². The number of nitrogens with two attached hydrogens (primary N) is 1. The number of nitrogens with zero attached hydrogens (tertiary/aromatic N) is 2. The van der Waals surface area contributed by atoms with Crippen molar-refractivity contribution in [3.05, 3.63) is 11.1 Å². The van der Waals surface area contributed by atoms with Gasteiger partial charge in [0.1, 0.15) is 0 Å². The van der Waals surface area contributed by atoms with Crippen molar-refractivity contribution in [2.45, 2.75) is 38.0 Å². The van der Waals surface area contributed by atoms with Gasteiger partial charge in [0, 0.05) is 30.7 Å². The van der Waals surface area contributed by atoms with E-state index < -0.39 is 14.6 Å². The minimum atomic E-state index is -2.98. The van der Waals surface area contributed by atoms with E-state index in [1.165, 1.54) is 11.3 Å². The number of sulfone groups is 1. The maximum atomic E-state index is 12.3. The summed E-state index contributed by atoms with van der Waals surface area (Å²) in [6, 6.07) is 0. The van der Waals surface area contributed by atoms with E-state index in [0.717, 1.165) is 11.4 Å². The van der Waals surface area contributed by atoms with Crippen molar-refractivity contribution in [3.63, 3.8) is 0 Å². The summed E-state index contributed by atoms with van der Waals surface area (Å²) in [6.45, 7) is 5.89. The van der Waals surface area contributed by atoms with Gasteiger partial charge in [-0.2, -0.15) is 0 Å². The molecule has 0 bridgehead atoms. The average Bonchev–Trinajstić information content (AvgIpc) is 2.77. The monoisotopic (exact) mass is 303 g/mol. The van der Waals surface area contributed by atoms with Crippen LogP contribution in [0.4, 0.5) is 5.13 Å². The van der Waals surface area contributed by atoms with Crippen LogP contribution in [0.15, 0.2) is 6.20 Å². The van der Waals surface area contributed by atoms with Gasteiger partial charge in [-0.15, -0.1) is 11.3 Å². The van der Waals surface area contributed by atoms with Crippen LogP contribution in [-0.4, -0.2) is 41.9 Å². The Balaban J connectivity index is 2.14. The number of nitrogen functional groups attached to an aromatic ring is 1. The van der Waals surface area contributed by atoms with Gasteiger partial charge in [0.15, 0.2) is 15.0 Å². The molecule has 2 heterocycles. The van der Waals surface area contributed by atoms with Crippen LogP contribution in [0, 0.1) is 0 Å². The van der Waals surface area contributed by atoms with E-state index in [0.29, 0.717) is 31.1 Å². The normalized spacial score (nSPS) is 22.4. The number of hydrogen-bond donors (Lipinski definition) is 1. The van der Waals surface area contributed by atoms with Gasteiger partial charge in [0.25, 0.3) is 0 Å². The zero-order valence-electron chi connectivity index (χ0n) is 11.4. The molecule has 19 heavy (non-hydrogen) atoms. The van der Waals surface area contributed by atoms with E-state index >= 15 is 0 Å². The van der Waals surface area contributed by atoms with Gasteiger partial charge in [-0.25, -0.2) is 13.4 Å². The third-order valence-corrected chi connectivity index (χ3v) is 7.64. The third-order valence-electron chi connectivity index (χ3n) is 4.09. The molecule has 1 aromatic heterocycles. The molecule has 0 aromatic carbocycles. The van der Waals surface area contributed by atoms with Crippen LogP contribution in [0.2, 0.25) is 0 Å². The first kappa shape index (κ1) is 14.7. The van der Waals surface area contributed by atoms with Gasteiger partial charge in [-0.1, -0.05) is 13.8 Å². The van der Waals surface area contributed by atoms with Crippen molar-refractivity contribution < 1.29 is 8.42 Å². The van der Waals surface area contributed by atoms with Crippen molar-refractivity contribution in [2.24, 2.45) is 0 Å². The Bertz CT molecular complexity index is 535. The van der Waals surface area contributed by atoms with Crippen LogP contribution in [0.3, 0.4) is 0 Å². The zero-order valence-corrected chi connectivity index (χ0v) is 13.1. The van der Waals surface area contributed by atoms with Crippen molar-refractivity contribution in [3.8, 4) is 0 Å². The van der Waals surface area contributed by atoms with Gasteiger partial charge in [-0.3, -0.25) is 4.90 Å². The van der Waals surface area contributed by atoms with E-state index in [-0.39, 0.29) is 5.75 Å². The summed E-state index contributed by atoms with van der Waals surface area (Å²) in [5, 5.41) is 0.567. The van der Waals surface area contributed by atoms with Crippen molar-refractivity contribution in [2.75, 3.05) is 24.6 Å². The number of thiazole rings is 1. The van der Waals surface area contributed by atoms with Gasteiger partial charge < -0.3 is 5.73 Å². The molecule has 1 aliphatic heterocycles. The van der Waals surface area contributed by atoms with Crippen LogP contribution in [0.5, 0.6) is 0 Å². The number of aromatic nitrogens is 1. The Hall–Kier alpha value is -0.660. The van der Waals surface area contributed by atoms with Gasteiger partial charge in [-0.05, 0) is 12.8 Å². The molecule has 0 atom stereocenters. The van der Waals surface area contributed by atoms with E-state index in [1.807, 2.05) is 13.8 Å². The Labute approximate surface area is 118 Å². The Morgan fingerprint density at radius 2 is 2.16 bits per heavy atom. The largest absolute Gasteiger partial charge is 0.375 e. The molecule has 0 saturated carbocycles. The smallest absolute Gasteiger partial charge is 0.180 e. The summed E-state index contributed by atoms with van der Waals surface area (Å²) in [5.41, 5.74) is 5.63. The summed E-state index contributed by atoms with van der Waals surface area (Å²) < 4.78 is 24.0. The van der Waals surface area contributed by atoms with Crippen molar-refractivity contribution >= 4 is 26.3 Å². The highest BCUT2D eigenvalue weighted by Crippen LogP contribution is 2.32. The molecule has 1 saturated heterocycles. The molecule has 0 aliphatic carbocycles. The molecule has 0 radical (unpaired) electrons. The fraction of sp³-hybridized carbons (Fsp3) is 0.750. The molecule has 2 N–H and O–H groups in total. The lowest BCUT2D eigenvalue weighted by molar-refractivity contribution is 0.223. The lowest BCUT2D eigenvalue weighted by atomic mass is 10.0. The molecule has 1 aromatic rings. The topological polar surface area (TPSA) is 76.3 Å². The van der Waals surface area contributed by atoms with Crippen LogP contribution >= 0.6 is 11.3 Å². The highest BCUT2D eigenvalue weighted by Gasteiger charge is 2.44. The number of rotatable bonds is 4. The average molecular weight is 303 g/mol. The molecular formula is C12H21N3O2S2. The Morgan fingerprint density at radius 1 is 1.47 bits per heavy atom. The minimum absolute atomic E-state index is 0.253. The maximum absolute atomic E-state index is 12.3. The minimum Gasteiger partial charge on any atom is -0.375 e. The first-order chi connectivity index (χ1) is 8.92. The maximum Gasteiger partial charge on any atom is 0.180 e. The molecule has 0 amide bonds. The highest BCUT2D eigenvalue weighted by atomic mass is 32.2. The second-order valence-electron chi connectivity index (χ2n) is 5.08. The standard InChI is InChI=1S/C12H21N3O2S2/c1-3-12(4-2)9-15(5-6-19(12,16)17)8-10-7-14-11(13)18-10/h7H,3-6,8-9H2,1-2H3,(H2,13,14).